The lowest BCUT2D eigenvalue weighted by Crippen LogP contribution is -2.39. The van der Waals surface area contributed by atoms with Crippen molar-refractivity contribution < 1.29 is 18.7 Å². The van der Waals surface area contributed by atoms with Crippen LogP contribution < -0.4 is 15.4 Å². The van der Waals surface area contributed by atoms with Gasteiger partial charge in [0.1, 0.15) is 18.1 Å². The van der Waals surface area contributed by atoms with E-state index < -0.39 is 5.91 Å². The molecule has 1 aromatic heterocycles. The fourth-order valence-corrected chi connectivity index (χ4v) is 1.87. The van der Waals surface area contributed by atoms with Crippen LogP contribution in [0.5, 0.6) is 5.75 Å². The van der Waals surface area contributed by atoms with E-state index in [0.717, 1.165) is 5.75 Å². The molecule has 0 bridgehead atoms. The Morgan fingerprint density at radius 2 is 1.87 bits per heavy atom. The van der Waals surface area contributed by atoms with Crippen molar-refractivity contribution >= 4 is 11.8 Å². The minimum Gasteiger partial charge on any atom is -0.486 e. The van der Waals surface area contributed by atoms with E-state index in [4.69, 9.17) is 9.15 Å². The third-order valence-corrected chi connectivity index (χ3v) is 2.87. The topological polar surface area (TPSA) is 80.6 Å². The van der Waals surface area contributed by atoms with E-state index in [2.05, 4.69) is 10.6 Å². The Bertz CT molecular complexity index is 650. The smallest absolute Gasteiger partial charge is 0.287 e. The van der Waals surface area contributed by atoms with Crippen molar-refractivity contribution in [1.29, 1.82) is 0 Å². The number of ether oxygens (including phenoxy) is 1. The van der Waals surface area contributed by atoms with Crippen LogP contribution >= 0.6 is 0 Å². The zero-order chi connectivity index (χ0) is 16.7. The molecule has 0 aliphatic rings. The first-order valence-electron chi connectivity index (χ1n) is 7.38. The Kier molecular flexibility index (Phi) is 5.80. The van der Waals surface area contributed by atoms with Gasteiger partial charge in [0, 0.05) is 6.04 Å². The summed E-state index contributed by atoms with van der Waals surface area (Å²) in [6, 6.07) is 12.6. The Labute approximate surface area is 134 Å². The maximum atomic E-state index is 11.9. The highest BCUT2D eigenvalue weighted by atomic mass is 16.5. The average Bonchev–Trinajstić information content (AvgIpc) is 3.00. The second-order valence-electron chi connectivity index (χ2n) is 5.27. The number of carbonyl (C=O) groups is 2. The summed E-state index contributed by atoms with van der Waals surface area (Å²) in [5.41, 5.74) is 0. The fraction of sp³-hybridized carbons (Fsp3) is 0.294. The number of para-hydroxylation sites is 1. The summed E-state index contributed by atoms with van der Waals surface area (Å²) in [4.78, 5) is 23.4. The Morgan fingerprint density at radius 1 is 1.13 bits per heavy atom. The van der Waals surface area contributed by atoms with Gasteiger partial charge in [0.15, 0.2) is 5.76 Å². The first-order valence-corrected chi connectivity index (χ1v) is 7.38. The first kappa shape index (κ1) is 16.6. The molecule has 122 valence electrons. The number of hydrogen-bond acceptors (Lipinski definition) is 4. The molecule has 0 aliphatic carbocycles. The highest BCUT2D eigenvalue weighted by Gasteiger charge is 2.13. The molecule has 0 spiro atoms. The molecule has 2 N–H and O–H groups in total. The molecule has 0 aliphatic heterocycles. The van der Waals surface area contributed by atoms with Gasteiger partial charge >= 0.3 is 0 Å². The maximum absolute atomic E-state index is 11.9. The number of carbonyl (C=O) groups excluding carboxylic acids is 2. The summed E-state index contributed by atoms with van der Waals surface area (Å²) in [5.74, 6) is 0.724. The molecule has 1 aromatic carbocycles. The molecule has 6 nitrogen and oxygen atoms in total. The standard InChI is InChI=1S/C17H20N2O4/c1-12(2)19-16(20)10-18-17(21)15-9-8-14(23-15)11-22-13-6-4-3-5-7-13/h3-9,12H,10-11H2,1-2H3,(H,18,21)(H,19,20). The van der Waals surface area contributed by atoms with E-state index in [-0.39, 0.29) is 30.9 Å². The second kappa shape index (κ2) is 8.03. The molecule has 1 heterocycles. The number of furan rings is 1. The van der Waals surface area contributed by atoms with Crippen molar-refractivity contribution in [2.75, 3.05) is 6.54 Å². The molecule has 0 fully saturated rings. The second-order valence-corrected chi connectivity index (χ2v) is 5.27. The molecule has 0 unspecified atom stereocenters. The quantitative estimate of drug-likeness (QED) is 0.820. The SMILES string of the molecule is CC(C)NC(=O)CNC(=O)c1ccc(COc2ccccc2)o1. The largest absolute Gasteiger partial charge is 0.486 e. The van der Waals surface area contributed by atoms with Gasteiger partial charge < -0.3 is 19.8 Å². The van der Waals surface area contributed by atoms with Crippen molar-refractivity contribution in [3.63, 3.8) is 0 Å². The Morgan fingerprint density at radius 3 is 2.57 bits per heavy atom. The number of benzene rings is 1. The lowest BCUT2D eigenvalue weighted by Gasteiger charge is -2.08. The van der Waals surface area contributed by atoms with Crippen molar-refractivity contribution in [3.05, 3.63) is 54.0 Å². The number of nitrogens with one attached hydrogen (secondary N) is 2. The highest BCUT2D eigenvalue weighted by molar-refractivity contribution is 5.94. The van der Waals surface area contributed by atoms with E-state index in [0.29, 0.717) is 5.76 Å². The van der Waals surface area contributed by atoms with Gasteiger partial charge in [0.2, 0.25) is 5.91 Å². The third kappa shape index (κ3) is 5.50. The van der Waals surface area contributed by atoms with Crippen LogP contribution in [0.25, 0.3) is 0 Å². The molecule has 0 atom stereocenters. The zero-order valence-electron chi connectivity index (χ0n) is 13.2. The van der Waals surface area contributed by atoms with Gasteiger partial charge in [-0.2, -0.15) is 0 Å². The normalized spacial score (nSPS) is 10.4. The van der Waals surface area contributed by atoms with Crippen LogP contribution in [0, 0.1) is 0 Å². The van der Waals surface area contributed by atoms with Crippen LogP contribution in [0.3, 0.4) is 0 Å². The van der Waals surface area contributed by atoms with Gasteiger partial charge in [-0.1, -0.05) is 18.2 Å². The van der Waals surface area contributed by atoms with E-state index in [1.807, 2.05) is 44.2 Å². The molecule has 0 radical (unpaired) electrons. The summed E-state index contributed by atoms with van der Waals surface area (Å²) < 4.78 is 10.9. The highest BCUT2D eigenvalue weighted by Crippen LogP contribution is 2.13. The first-order chi connectivity index (χ1) is 11.0. The lowest BCUT2D eigenvalue weighted by molar-refractivity contribution is -0.120. The predicted molar refractivity (Wildman–Crippen MR) is 85.1 cm³/mol. The molecule has 2 amide bonds. The van der Waals surface area contributed by atoms with E-state index in [1.54, 1.807) is 12.1 Å². The van der Waals surface area contributed by atoms with Crippen LogP contribution in [0.15, 0.2) is 46.9 Å². The molecule has 23 heavy (non-hydrogen) atoms. The van der Waals surface area contributed by atoms with Crippen molar-refractivity contribution in [3.8, 4) is 5.75 Å². The van der Waals surface area contributed by atoms with Crippen molar-refractivity contribution in [1.82, 2.24) is 10.6 Å². The molecular formula is C17H20N2O4. The molecule has 2 aromatic rings. The van der Waals surface area contributed by atoms with Crippen LogP contribution in [0.1, 0.15) is 30.2 Å². The van der Waals surface area contributed by atoms with Gasteiger partial charge in [-0.05, 0) is 38.1 Å². The molecule has 6 heteroatoms. The molecular weight excluding hydrogens is 296 g/mol. The third-order valence-electron chi connectivity index (χ3n) is 2.87. The number of amides is 2. The van der Waals surface area contributed by atoms with Gasteiger partial charge in [-0.25, -0.2) is 0 Å². The number of rotatable bonds is 7. The summed E-state index contributed by atoms with van der Waals surface area (Å²) >= 11 is 0. The molecule has 0 saturated carbocycles. The molecule has 2 rings (SSSR count). The van der Waals surface area contributed by atoms with Gasteiger partial charge in [0.05, 0.1) is 6.54 Å². The van der Waals surface area contributed by atoms with Crippen LogP contribution in [-0.4, -0.2) is 24.4 Å². The van der Waals surface area contributed by atoms with Crippen LogP contribution in [0.4, 0.5) is 0 Å². The van der Waals surface area contributed by atoms with Gasteiger partial charge in [0.25, 0.3) is 5.91 Å². The minimum atomic E-state index is -0.435. The van der Waals surface area contributed by atoms with E-state index in [1.165, 1.54) is 0 Å². The monoisotopic (exact) mass is 316 g/mol. The summed E-state index contributed by atoms with van der Waals surface area (Å²) in [6.07, 6.45) is 0. The zero-order valence-corrected chi connectivity index (χ0v) is 13.2. The molecule has 0 saturated heterocycles. The van der Waals surface area contributed by atoms with Crippen molar-refractivity contribution in [2.45, 2.75) is 26.5 Å². The average molecular weight is 316 g/mol. The lowest BCUT2D eigenvalue weighted by atomic mass is 10.3. The van der Waals surface area contributed by atoms with Gasteiger partial charge in [-0.15, -0.1) is 0 Å². The van der Waals surface area contributed by atoms with Crippen molar-refractivity contribution in [2.24, 2.45) is 0 Å². The summed E-state index contributed by atoms with van der Waals surface area (Å²) in [5, 5.41) is 5.19. The minimum absolute atomic E-state index is 0.0322. The summed E-state index contributed by atoms with van der Waals surface area (Å²) in [6.45, 7) is 3.84. The fourth-order valence-electron chi connectivity index (χ4n) is 1.87. The van der Waals surface area contributed by atoms with Crippen LogP contribution in [0.2, 0.25) is 0 Å². The van der Waals surface area contributed by atoms with E-state index in [9.17, 15) is 9.59 Å². The Balaban J connectivity index is 1.81. The number of hydrogen-bond donors (Lipinski definition) is 2. The summed E-state index contributed by atoms with van der Waals surface area (Å²) in [7, 11) is 0. The van der Waals surface area contributed by atoms with Gasteiger partial charge in [-0.3, -0.25) is 9.59 Å². The Hall–Kier alpha value is -2.76. The maximum Gasteiger partial charge on any atom is 0.287 e. The van der Waals surface area contributed by atoms with Crippen LogP contribution in [-0.2, 0) is 11.4 Å². The van der Waals surface area contributed by atoms with E-state index >= 15 is 0 Å². The predicted octanol–water partition coefficient (Wildman–Crippen LogP) is 2.11.